The van der Waals surface area contributed by atoms with E-state index in [1.807, 2.05) is 18.2 Å². The van der Waals surface area contributed by atoms with E-state index in [0.29, 0.717) is 28.0 Å². The third kappa shape index (κ3) is 6.31. The Morgan fingerprint density at radius 2 is 1.87 bits per heavy atom. The fourth-order valence-corrected chi connectivity index (χ4v) is 3.97. The van der Waals surface area contributed by atoms with Crippen molar-refractivity contribution in [3.05, 3.63) is 62.8 Å². The van der Waals surface area contributed by atoms with Crippen LogP contribution in [0.25, 0.3) is 0 Å². The molecular formula is C20H19Br2N5O3S. The van der Waals surface area contributed by atoms with Gasteiger partial charge in [-0.3, -0.25) is 9.59 Å². The van der Waals surface area contributed by atoms with E-state index >= 15 is 0 Å². The van der Waals surface area contributed by atoms with E-state index in [9.17, 15) is 9.59 Å². The topological polar surface area (TPSA) is 98.1 Å². The Balaban J connectivity index is 1.52. The average molecular weight is 569 g/mol. The van der Waals surface area contributed by atoms with E-state index in [1.54, 1.807) is 43.0 Å². The van der Waals surface area contributed by atoms with Crippen molar-refractivity contribution in [2.45, 2.75) is 11.7 Å². The smallest absolute Gasteiger partial charge is 0.251 e. The summed E-state index contributed by atoms with van der Waals surface area (Å²) in [5.41, 5.74) is 1.20. The fourth-order valence-electron chi connectivity index (χ4n) is 2.54. The molecule has 1 aromatic heterocycles. The van der Waals surface area contributed by atoms with E-state index < -0.39 is 0 Å². The summed E-state index contributed by atoms with van der Waals surface area (Å²) in [4.78, 5) is 24.6. The van der Waals surface area contributed by atoms with Crippen LogP contribution in [-0.2, 0) is 18.4 Å². The first-order chi connectivity index (χ1) is 14.9. The summed E-state index contributed by atoms with van der Waals surface area (Å²) < 4.78 is 8.51. The first kappa shape index (κ1) is 23.3. The summed E-state index contributed by atoms with van der Waals surface area (Å²) in [6.07, 6.45) is 0. The number of rotatable bonds is 8. The minimum Gasteiger partial charge on any atom is -0.497 e. The lowest BCUT2D eigenvalue weighted by atomic mass is 10.2. The van der Waals surface area contributed by atoms with Gasteiger partial charge in [-0.1, -0.05) is 27.7 Å². The van der Waals surface area contributed by atoms with Gasteiger partial charge in [-0.25, -0.2) is 0 Å². The van der Waals surface area contributed by atoms with Crippen molar-refractivity contribution >= 4 is 61.1 Å². The van der Waals surface area contributed by atoms with Gasteiger partial charge in [-0.2, -0.15) is 0 Å². The number of carbonyl (C=O) groups excluding carboxylic acids is 2. The number of ether oxygens (including phenoxy) is 1. The summed E-state index contributed by atoms with van der Waals surface area (Å²) in [5, 5.41) is 14.5. The van der Waals surface area contributed by atoms with Crippen molar-refractivity contribution in [2.75, 3.05) is 18.2 Å². The molecular weight excluding hydrogens is 550 g/mol. The third-order valence-corrected chi connectivity index (χ3v) is 6.42. The average Bonchev–Trinajstić information content (AvgIpc) is 3.12. The Bertz CT molecular complexity index is 1090. The molecule has 0 saturated carbocycles. The third-order valence-electron chi connectivity index (χ3n) is 4.22. The number of nitrogens with one attached hydrogen (secondary N) is 2. The Morgan fingerprint density at radius 1 is 1.13 bits per heavy atom. The number of thioether (sulfide) groups is 1. The molecule has 0 radical (unpaired) electrons. The molecule has 11 heteroatoms. The minimum atomic E-state index is -0.223. The molecule has 0 spiro atoms. The van der Waals surface area contributed by atoms with Gasteiger partial charge in [0.2, 0.25) is 5.91 Å². The number of carbonyl (C=O) groups is 2. The van der Waals surface area contributed by atoms with Crippen LogP contribution >= 0.6 is 43.6 Å². The SMILES string of the molecule is COc1ccc(C(=O)NCc2nnc(SCC(=O)Nc3cc(Br)ccc3Br)n2C)cc1. The molecule has 0 aliphatic carbocycles. The van der Waals surface area contributed by atoms with Gasteiger partial charge in [0.15, 0.2) is 11.0 Å². The molecule has 0 aliphatic heterocycles. The molecule has 1 heterocycles. The molecule has 0 unspecified atom stereocenters. The molecule has 2 aromatic carbocycles. The van der Waals surface area contributed by atoms with E-state index in [2.05, 4.69) is 52.7 Å². The number of halogens is 2. The normalized spacial score (nSPS) is 10.6. The molecule has 0 aliphatic rings. The highest BCUT2D eigenvalue weighted by Crippen LogP contribution is 2.26. The maximum Gasteiger partial charge on any atom is 0.251 e. The summed E-state index contributed by atoms with van der Waals surface area (Å²) in [7, 11) is 3.36. The number of anilines is 1. The molecule has 2 N–H and O–H groups in total. The van der Waals surface area contributed by atoms with Crippen LogP contribution in [-0.4, -0.2) is 39.4 Å². The summed E-state index contributed by atoms with van der Waals surface area (Å²) >= 11 is 8.06. The van der Waals surface area contributed by atoms with Crippen molar-refractivity contribution in [3.63, 3.8) is 0 Å². The van der Waals surface area contributed by atoms with Gasteiger partial charge in [-0.05, 0) is 58.4 Å². The van der Waals surface area contributed by atoms with Crippen LogP contribution in [0.3, 0.4) is 0 Å². The first-order valence-corrected chi connectivity index (χ1v) is 11.6. The van der Waals surface area contributed by atoms with Crippen LogP contribution in [0, 0.1) is 0 Å². The standard InChI is InChI=1S/C20H19Br2N5O3S/c1-27-17(10-23-19(29)12-3-6-14(30-2)7-4-12)25-26-20(27)31-11-18(28)24-16-9-13(21)5-8-15(16)22/h3-9H,10-11H2,1-2H3,(H,23,29)(H,24,28). The van der Waals surface area contributed by atoms with Gasteiger partial charge in [-0.15, -0.1) is 10.2 Å². The molecule has 0 saturated heterocycles. The van der Waals surface area contributed by atoms with Gasteiger partial charge in [0, 0.05) is 21.6 Å². The highest BCUT2D eigenvalue weighted by atomic mass is 79.9. The maximum atomic E-state index is 12.3. The minimum absolute atomic E-state index is 0.166. The van der Waals surface area contributed by atoms with Gasteiger partial charge in [0.25, 0.3) is 5.91 Å². The predicted molar refractivity (Wildman–Crippen MR) is 126 cm³/mol. The highest BCUT2D eigenvalue weighted by molar-refractivity contribution is 9.11. The zero-order valence-corrected chi connectivity index (χ0v) is 20.7. The lowest BCUT2D eigenvalue weighted by Crippen LogP contribution is -2.24. The lowest BCUT2D eigenvalue weighted by Gasteiger charge is -2.08. The van der Waals surface area contributed by atoms with E-state index in [-0.39, 0.29) is 24.1 Å². The van der Waals surface area contributed by atoms with E-state index in [4.69, 9.17) is 4.74 Å². The Labute approximate surface area is 200 Å². The molecule has 0 fully saturated rings. The monoisotopic (exact) mass is 567 g/mol. The van der Waals surface area contributed by atoms with Crippen molar-refractivity contribution in [1.29, 1.82) is 0 Å². The van der Waals surface area contributed by atoms with Crippen LogP contribution in [0.1, 0.15) is 16.2 Å². The Kier molecular flexibility index (Phi) is 8.10. The predicted octanol–water partition coefficient (Wildman–Crippen LogP) is 4.01. The molecule has 0 bridgehead atoms. The van der Waals surface area contributed by atoms with Crippen LogP contribution < -0.4 is 15.4 Å². The summed E-state index contributed by atoms with van der Waals surface area (Å²) in [5.74, 6) is 1.05. The zero-order valence-electron chi connectivity index (χ0n) is 16.7. The second-order valence-corrected chi connectivity index (χ2v) is 9.04. The van der Waals surface area contributed by atoms with Gasteiger partial charge >= 0.3 is 0 Å². The van der Waals surface area contributed by atoms with Crippen LogP contribution in [0.5, 0.6) is 5.75 Å². The summed E-state index contributed by atoms with van der Waals surface area (Å²) in [6.45, 7) is 0.214. The lowest BCUT2D eigenvalue weighted by molar-refractivity contribution is -0.113. The van der Waals surface area contributed by atoms with Crippen molar-refractivity contribution in [3.8, 4) is 5.75 Å². The fraction of sp³-hybridized carbons (Fsp3) is 0.200. The van der Waals surface area contributed by atoms with Gasteiger partial charge < -0.3 is 19.9 Å². The number of aromatic nitrogens is 3. The van der Waals surface area contributed by atoms with Crippen molar-refractivity contribution < 1.29 is 14.3 Å². The van der Waals surface area contributed by atoms with Crippen LogP contribution in [0.15, 0.2) is 56.6 Å². The number of hydrogen-bond donors (Lipinski definition) is 2. The number of amides is 2. The molecule has 3 aromatic rings. The van der Waals surface area contributed by atoms with Crippen LogP contribution in [0.2, 0.25) is 0 Å². The molecule has 0 atom stereocenters. The second kappa shape index (κ2) is 10.8. The van der Waals surface area contributed by atoms with Gasteiger partial charge in [0.05, 0.1) is 25.1 Å². The zero-order chi connectivity index (χ0) is 22.4. The quantitative estimate of drug-likeness (QED) is 0.398. The number of nitrogens with zero attached hydrogens (tertiary/aromatic N) is 3. The molecule has 31 heavy (non-hydrogen) atoms. The number of benzene rings is 2. The number of methoxy groups -OCH3 is 1. The Morgan fingerprint density at radius 3 is 2.58 bits per heavy atom. The highest BCUT2D eigenvalue weighted by Gasteiger charge is 2.14. The first-order valence-electron chi connectivity index (χ1n) is 9.05. The van der Waals surface area contributed by atoms with E-state index in [0.717, 1.165) is 8.95 Å². The van der Waals surface area contributed by atoms with Crippen LogP contribution in [0.4, 0.5) is 5.69 Å². The Hall–Kier alpha value is -2.37. The van der Waals surface area contributed by atoms with Gasteiger partial charge in [0.1, 0.15) is 5.75 Å². The van der Waals surface area contributed by atoms with Crippen molar-refractivity contribution in [1.82, 2.24) is 20.1 Å². The molecule has 8 nitrogen and oxygen atoms in total. The molecule has 3 rings (SSSR count). The van der Waals surface area contributed by atoms with Crippen molar-refractivity contribution in [2.24, 2.45) is 7.05 Å². The molecule has 2 amide bonds. The molecule has 162 valence electrons. The van der Waals surface area contributed by atoms with E-state index in [1.165, 1.54) is 11.8 Å². The maximum absolute atomic E-state index is 12.3. The second-order valence-electron chi connectivity index (χ2n) is 6.33. The summed E-state index contributed by atoms with van der Waals surface area (Å²) in [6, 6.07) is 12.4. The largest absolute Gasteiger partial charge is 0.497 e. The number of hydrogen-bond acceptors (Lipinski definition) is 6.